The number of rotatable bonds is 8. The Labute approximate surface area is 179 Å². The fourth-order valence-electron chi connectivity index (χ4n) is 2.68. The lowest BCUT2D eigenvalue weighted by molar-refractivity contribution is 0.0774. The highest BCUT2D eigenvalue weighted by Gasteiger charge is 2.17. The summed E-state index contributed by atoms with van der Waals surface area (Å²) in [7, 11) is -2.47. The van der Waals surface area contributed by atoms with Gasteiger partial charge in [0.1, 0.15) is 12.4 Å². The molecule has 0 aromatic heterocycles. The van der Waals surface area contributed by atoms with Gasteiger partial charge in [-0.1, -0.05) is 18.2 Å². The van der Waals surface area contributed by atoms with Gasteiger partial charge in [-0.25, -0.2) is 17.2 Å². The molecule has 0 unspecified atom stereocenters. The summed E-state index contributed by atoms with van der Waals surface area (Å²) >= 11 is 0. The highest BCUT2D eigenvalue weighted by atomic mass is 32.2. The number of halogens is 2. The molecule has 3 aromatic carbocycles. The SMILES string of the molecule is CN(CCOc1ccccc1)C(=O)c1ccc(NS(=O)(=O)c2ccc(F)c(F)c2)cc1. The van der Waals surface area contributed by atoms with Crippen LogP contribution in [0.3, 0.4) is 0 Å². The summed E-state index contributed by atoms with van der Waals surface area (Å²) in [6.07, 6.45) is 0. The minimum Gasteiger partial charge on any atom is -0.492 e. The average molecular weight is 446 g/mol. The minimum atomic E-state index is -4.11. The molecule has 1 N–H and O–H groups in total. The van der Waals surface area contributed by atoms with Crippen LogP contribution in [-0.2, 0) is 10.0 Å². The Balaban J connectivity index is 1.59. The number of sulfonamides is 1. The molecule has 3 aromatic rings. The molecule has 9 heteroatoms. The number of nitrogens with zero attached hydrogens (tertiary/aromatic N) is 1. The van der Waals surface area contributed by atoms with Gasteiger partial charge in [0.15, 0.2) is 11.6 Å². The van der Waals surface area contributed by atoms with Crippen LogP contribution in [0.4, 0.5) is 14.5 Å². The second-order valence-corrected chi connectivity index (χ2v) is 8.33. The molecule has 3 rings (SSSR count). The molecule has 0 aliphatic carbocycles. The summed E-state index contributed by atoms with van der Waals surface area (Å²) in [5.74, 6) is -1.95. The number of hydrogen-bond acceptors (Lipinski definition) is 4. The number of carbonyl (C=O) groups excluding carboxylic acids is 1. The molecule has 0 atom stereocenters. The molecule has 162 valence electrons. The highest BCUT2D eigenvalue weighted by Crippen LogP contribution is 2.19. The maximum Gasteiger partial charge on any atom is 0.261 e. The second-order valence-electron chi connectivity index (χ2n) is 6.65. The van der Waals surface area contributed by atoms with Crippen LogP contribution in [0.2, 0.25) is 0 Å². The number of hydrogen-bond donors (Lipinski definition) is 1. The highest BCUT2D eigenvalue weighted by molar-refractivity contribution is 7.92. The van der Waals surface area contributed by atoms with E-state index in [0.29, 0.717) is 30.5 Å². The molecule has 0 bridgehead atoms. The monoisotopic (exact) mass is 446 g/mol. The van der Waals surface area contributed by atoms with Crippen LogP contribution in [0.15, 0.2) is 77.7 Å². The first-order valence-electron chi connectivity index (χ1n) is 9.27. The Kier molecular flexibility index (Phi) is 6.86. The number of likely N-dealkylation sites (N-methyl/N-ethyl adjacent to an activating group) is 1. The van der Waals surface area contributed by atoms with Gasteiger partial charge in [0, 0.05) is 18.3 Å². The molecular weight excluding hydrogens is 426 g/mol. The number of benzene rings is 3. The zero-order chi connectivity index (χ0) is 22.4. The van der Waals surface area contributed by atoms with Gasteiger partial charge in [-0.15, -0.1) is 0 Å². The molecule has 1 amide bonds. The van der Waals surface area contributed by atoms with Gasteiger partial charge in [-0.05, 0) is 54.6 Å². The van der Waals surface area contributed by atoms with E-state index in [1.165, 1.54) is 29.2 Å². The van der Waals surface area contributed by atoms with Crippen molar-refractivity contribution in [3.63, 3.8) is 0 Å². The van der Waals surface area contributed by atoms with E-state index in [2.05, 4.69) is 4.72 Å². The van der Waals surface area contributed by atoms with E-state index in [1.807, 2.05) is 30.3 Å². The third-order valence-electron chi connectivity index (χ3n) is 4.37. The van der Waals surface area contributed by atoms with E-state index in [-0.39, 0.29) is 11.6 Å². The van der Waals surface area contributed by atoms with Crippen molar-refractivity contribution in [1.29, 1.82) is 0 Å². The van der Waals surface area contributed by atoms with E-state index < -0.39 is 26.6 Å². The molecule has 31 heavy (non-hydrogen) atoms. The lowest BCUT2D eigenvalue weighted by Gasteiger charge is -2.18. The van der Waals surface area contributed by atoms with Crippen molar-refractivity contribution in [2.75, 3.05) is 24.9 Å². The fourth-order valence-corrected chi connectivity index (χ4v) is 3.75. The van der Waals surface area contributed by atoms with E-state index >= 15 is 0 Å². The summed E-state index contributed by atoms with van der Waals surface area (Å²) in [5, 5.41) is 0. The van der Waals surface area contributed by atoms with Crippen molar-refractivity contribution in [1.82, 2.24) is 4.90 Å². The number of amides is 1. The smallest absolute Gasteiger partial charge is 0.261 e. The maximum atomic E-state index is 13.3. The summed E-state index contributed by atoms with van der Waals surface area (Å²) in [6.45, 7) is 0.677. The molecule has 6 nitrogen and oxygen atoms in total. The first-order chi connectivity index (χ1) is 14.8. The molecule has 0 aliphatic rings. The van der Waals surface area contributed by atoms with Crippen LogP contribution >= 0.6 is 0 Å². The Morgan fingerprint density at radius 1 is 0.968 bits per heavy atom. The van der Waals surface area contributed by atoms with Crippen molar-refractivity contribution in [2.24, 2.45) is 0 Å². The van der Waals surface area contributed by atoms with E-state index in [4.69, 9.17) is 4.74 Å². The Hall–Kier alpha value is -3.46. The molecule has 0 saturated heterocycles. The predicted octanol–water partition coefficient (Wildman–Crippen LogP) is 3.92. The van der Waals surface area contributed by atoms with Crippen molar-refractivity contribution < 1.29 is 26.7 Å². The van der Waals surface area contributed by atoms with Crippen LogP contribution in [0, 0.1) is 11.6 Å². The zero-order valence-electron chi connectivity index (χ0n) is 16.6. The lowest BCUT2D eigenvalue weighted by Crippen LogP contribution is -2.30. The summed E-state index contributed by atoms with van der Waals surface area (Å²) in [4.78, 5) is 13.6. The van der Waals surface area contributed by atoms with E-state index in [0.717, 1.165) is 12.1 Å². The third-order valence-corrected chi connectivity index (χ3v) is 5.75. The number of nitrogens with one attached hydrogen (secondary N) is 1. The standard InChI is InChI=1S/C22H20F2N2O4S/c1-26(13-14-30-18-5-3-2-4-6-18)22(27)16-7-9-17(10-8-16)25-31(28,29)19-11-12-20(23)21(24)15-19/h2-12,15,25H,13-14H2,1H3. The van der Waals surface area contributed by atoms with Crippen molar-refractivity contribution in [3.8, 4) is 5.75 Å². The lowest BCUT2D eigenvalue weighted by atomic mass is 10.2. The molecule has 0 aliphatic heterocycles. The summed E-state index contributed by atoms with van der Waals surface area (Å²) in [5.41, 5.74) is 0.536. The van der Waals surface area contributed by atoms with Gasteiger partial charge in [0.05, 0.1) is 11.4 Å². The van der Waals surface area contributed by atoms with Crippen LogP contribution in [0.5, 0.6) is 5.75 Å². The van der Waals surface area contributed by atoms with Gasteiger partial charge in [0.2, 0.25) is 0 Å². The Morgan fingerprint density at radius 3 is 2.29 bits per heavy atom. The normalized spacial score (nSPS) is 11.1. The molecular formula is C22H20F2N2O4S. The number of ether oxygens (including phenoxy) is 1. The first kappa shape index (κ1) is 22.2. The molecule has 0 saturated carbocycles. The van der Waals surface area contributed by atoms with Gasteiger partial charge in [-0.3, -0.25) is 9.52 Å². The number of carbonyl (C=O) groups is 1. The third kappa shape index (κ3) is 5.79. The Morgan fingerprint density at radius 2 is 1.65 bits per heavy atom. The number of anilines is 1. The molecule has 0 fully saturated rings. The largest absolute Gasteiger partial charge is 0.492 e. The summed E-state index contributed by atoms with van der Waals surface area (Å²) in [6, 6.07) is 17.3. The maximum absolute atomic E-state index is 13.3. The molecule has 0 spiro atoms. The van der Waals surface area contributed by atoms with Crippen LogP contribution in [-0.4, -0.2) is 39.4 Å². The van der Waals surface area contributed by atoms with Gasteiger partial charge >= 0.3 is 0 Å². The Bertz CT molecular complexity index is 1150. The topological polar surface area (TPSA) is 75.7 Å². The fraction of sp³-hybridized carbons (Fsp3) is 0.136. The summed E-state index contributed by atoms with van der Waals surface area (Å²) < 4.78 is 58.9. The van der Waals surface area contributed by atoms with E-state index in [9.17, 15) is 22.0 Å². The second kappa shape index (κ2) is 9.57. The molecule has 0 radical (unpaired) electrons. The predicted molar refractivity (Wildman–Crippen MR) is 113 cm³/mol. The van der Waals surface area contributed by atoms with Gasteiger partial charge in [0.25, 0.3) is 15.9 Å². The first-order valence-corrected chi connectivity index (χ1v) is 10.8. The van der Waals surface area contributed by atoms with Crippen LogP contribution in [0.1, 0.15) is 10.4 Å². The quantitative estimate of drug-likeness (QED) is 0.569. The van der Waals surface area contributed by atoms with Gasteiger partial charge in [-0.2, -0.15) is 0 Å². The van der Waals surface area contributed by atoms with Crippen molar-refractivity contribution >= 4 is 21.6 Å². The van der Waals surface area contributed by atoms with E-state index in [1.54, 1.807) is 7.05 Å². The van der Waals surface area contributed by atoms with Crippen LogP contribution < -0.4 is 9.46 Å². The minimum absolute atomic E-state index is 0.177. The molecule has 0 heterocycles. The van der Waals surface area contributed by atoms with Crippen LogP contribution in [0.25, 0.3) is 0 Å². The van der Waals surface area contributed by atoms with Crippen molar-refractivity contribution in [2.45, 2.75) is 4.90 Å². The van der Waals surface area contributed by atoms with Gasteiger partial charge < -0.3 is 9.64 Å². The average Bonchev–Trinajstić information content (AvgIpc) is 2.76. The zero-order valence-corrected chi connectivity index (χ0v) is 17.4. The van der Waals surface area contributed by atoms with Crippen molar-refractivity contribution in [3.05, 3.63) is 90.0 Å². The number of para-hydroxylation sites is 1.